The number of hydrogen-bond acceptors (Lipinski definition) is 5. The molecule has 0 aromatic heterocycles. The van der Waals surface area contributed by atoms with Gasteiger partial charge in [0.15, 0.2) is 6.10 Å². The van der Waals surface area contributed by atoms with E-state index in [-0.39, 0.29) is 27.7 Å². The van der Waals surface area contributed by atoms with Gasteiger partial charge in [0.2, 0.25) is 0 Å². The molecule has 3 amide bonds. The van der Waals surface area contributed by atoms with Gasteiger partial charge in [-0.1, -0.05) is 53.5 Å². The van der Waals surface area contributed by atoms with Gasteiger partial charge in [-0.2, -0.15) is 0 Å². The monoisotopic (exact) mass is 434 g/mol. The summed E-state index contributed by atoms with van der Waals surface area (Å²) in [4.78, 5) is 49.8. The highest BCUT2D eigenvalue weighted by molar-refractivity contribution is 6.43. The minimum Gasteiger partial charge on any atom is -0.451 e. The summed E-state index contributed by atoms with van der Waals surface area (Å²) in [6.07, 6.45) is -1.09. The fourth-order valence-electron chi connectivity index (χ4n) is 2.77. The molecule has 2 aromatic carbocycles. The number of benzene rings is 2. The van der Waals surface area contributed by atoms with Gasteiger partial charge in [0.25, 0.3) is 17.7 Å². The lowest BCUT2D eigenvalue weighted by molar-refractivity contribution is -0.155. The predicted molar refractivity (Wildman–Crippen MR) is 106 cm³/mol. The fraction of sp³-hybridized carbons (Fsp3) is 0.200. The largest absolute Gasteiger partial charge is 0.451 e. The van der Waals surface area contributed by atoms with Gasteiger partial charge in [-0.25, -0.2) is 0 Å². The molecule has 1 heterocycles. The SMILES string of the molecule is CC(OC(=O)CN1C(=O)c2cc(Cl)c(Cl)cc2C1=O)C(=O)NCc1ccccc1. The molecule has 1 atom stereocenters. The minimum absolute atomic E-state index is 0.0610. The summed E-state index contributed by atoms with van der Waals surface area (Å²) >= 11 is 11.8. The van der Waals surface area contributed by atoms with E-state index >= 15 is 0 Å². The van der Waals surface area contributed by atoms with Crippen LogP contribution in [0.3, 0.4) is 0 Å². The Hall–Kier alpha value is -2.90. The number of halogens is 2. The molecule has 0 fully saturated rings. The summed E-state index contributed by atoms with van der Waals surface area (Å²) in [6.45, 7) is 1.06. The summed E-state index contributed by atoms with van der Waals surface area (Å²) in [7, 11) is 0. The van der Waals surface area contributed by atoms with Crippen molar-refractivity contribution < 1.29 is 23.9 Å². The number of esters is 1. The molecule has 0 aliphatic carbocycles. The minimum atomic E-state index is -1.09. The van der Waals surface area contributed by atoms with Gasteiger partial charge in [-0.15, -0.1) is 0 Å². The Balaban J connectivity index is 1.57. The Bertz CT molecular complexity index is 953. The van der Waals surface area contributed by atoms with E-state index < -0.39 is 36.3 Å². The first-order chi connectivity index (χ1) is 13.8. The molecule has 0 spiro atoms. The third kappa shape index (κ3) is 4.58. The Morgan fingerprint density at radius 2 is 1.59 bits per heavy atom. The highest BCUT2D eigenvalue weighted by Crippen LogP contribution is 2.31. The van der Waals surface area contributed by atoms with Crippen molar-refractivity contribution in [2.75, 3.05) is 6.54 Å². The second-order valence-electron chi connectivity index (χ2n) is 6.34. The standard InChI is InChI=1S/C20H16Cl2N2O5/c1-11(18(26)23-9-12-5-3-2-4-6-12)29-17(25)10-24-19(27)13-7-15(21)16(22)8-14(13)20(24)28/h2-8,11H,9-10H2,1H3,(H,23,26). The maximum absolute atomic E-state index is 12.4. The quantitative estimate of drug-likeness (QED) is 0.557. The number of amides is 3. The lowest BCUT2D eigenvalue weighted by Crippen LogP contribution is -2.40. The maximum atomic E-state index is 12.4. The number of ether oxygens (including phenoxy) is 1. The molecule has 1 N–H and O–H groups in total. The van der Waals surface area contributed by atoms with Crippen LogP contribution in [0.4, 0.5) is 0 Å². The number of rotatable bonds is 6. The summed E-state index contributed by atoms with van der Waals surface area (Å²) in [5.41, 5.74) is 1.01. The molecule has 7 nitrogen and oxygen atoms in total. The van der Waals surface area contributed by atoms with Gasteiger partial charge in [-0.3, -0.25) is 24.1 Å². The third-order valence-corrected chi connectivity index (χ3v) is 5.01. The molecular formula is C20H16Cl2N2O5. The summed E-state index contributed by atoms with van der Waals surface area (Å²) < 4.78 is 5.06. The van der Waals surface area contributed by atoms with Gasteiger partial charge in [0.05, 0.1) is 21.2 Å². The van der Waals surface area contributed by atoms with Crippen LogP contribution in [0, 0.1) is 0 Å². The second kappa shape index (κ2) is 8.63. The number of carbonyl (C=O) groups excluding carboxylic acids is 4. The molecule has 1 aliphatic heterocycles. The number of imide groups is 1. The van der Waals surface area contributed by atoms with Crippen molar-refractivity contribution in [3.63, 3.8) is 0 Å². The van der Waals surface area contributed by atoms with Crippen LogP contribution in [0.1, 0.15) is 33.2 Å². The van der Waals surface area contributed by atoms with E-state index in [2.05, 4.69) is 5.32 Å². The van der Waals surface area contributed by atoms with Crippen molar-refractivity contribution in [3.05, 3.63) is 69.2 Å². The second-order valence-corrected chi connectivity index (χ2v) is 7.16. The summed E-state index contributed by atoms with van der Waals surface area (Å²) in [6, 6.07) is 11.8. The first-order valence-electron chi connectivity index (χ1n) is 8.64. The molecule has 150 valence electrons. The predicted octanol–water partition coefficient (Wildman–Crippen LogP) is 2.84. The van der Waals surface area contributed by atoms with Crippen molar-refractivity contribution in [3.8, 4) is 0 Å². The molecule has 1 aliphatic rings. The first-order valence-corrected chi connectivity index (χ1v) is 9.40. The maximum Gasteiger partial charge on any atom is 0.326 e. The van der Waals surface area contributed by atoms with E-state index in [1.807, 2.05) is 30.3 Å². The van der Waals surface area contributed by atoms with E-state index in [9.17, 15) is 19.2 Å². The molecule has 2 aromatic rings. The number of fused-ring (bicyclic) bond motifs is 1. The van der Waals surface area contributed by atoms with Crippen LogP contribution in [0.2, 0.25) is 10.0 Å². The van der Waals surface area contributed by atoms with Crippen molar-refractivity contribution in [2.45, 2.75) is 19.6 Å². The average molecular weight is 435 g/mol. The van der Waals surface area contributed by atoms with E-state index in [0.29, 0.717) is 0 Å². The lowest BCUT2D eigenvalue weighted by atomic mass is 10.1. The zero-order valence-electron chi connectivity index (χ0n) is 15.3. The highest BCUT2D eigenvalue weighted by atomic mass is 35.5. The molecule has 0 saturated carbocycles. The van der Waals surface area contributed by atoms with Crippen molar-refractivity contribution in [2.24, 2.45) is 0 Å². The first kappa shape index (κ1) is 20.8. The van der Waals surface area contributed by atoms with Crippen LogP contribution in [0.25, 0.3) is 0 Å². The highest BCUT2D eigenvalue weighted by Gasteiger charge is 2.38. The fourth-order valence-corrected chi connectivity index (χ4v) is 3.10. The summed E-state index contributed by atoms with van der Waals surface area (Å²) in [5, 5.41) is 2.90. The average Bonchev–Trinajstić information content (AvgIpc) is 2.91. The van der Waals surface area contributed by atoms with Crippen LogP contribution >= 0.6 is 23.2 Å². The molecule has 0 radical (unpaired) electrons. The van der Waals surface area contributed by atoms with Gasteiger partial charge < -0.3 is 10.1 Å². The van der Waals surface area contributed by atoms with Crippen LogP contribution < -0.4 is 5.32 Å². The van der Waals surface area contributed by atoms with Crippen LogP contribution in [0.5, 0.6) is 0 Å². The zero-order chi connectivity index (χ0) is 21.1. The zero-order valence-corrected chi connectivity index (χ0v) is 16.8. The molecular weight excluding hydrogens is 419 g/mol. The van der Waals surface area contributed by atoms with Crippen LogP contribution in [0.15, 0.2) is 42.5 Å². The number of hydrogen-bond donors (Lipinski definition) is 1. The Labute approximate surface area is 176 Å². The van der Waals surface area contributed by atoms with E-state index in [0.717, 1.165) is 10.5 Å². The molecule has 0 saturated heterocycles. The summed E-state index contributed by atoms with van der Waals surface area (Å²) in [5.74, 6) is -2.74. The lowest BCUT2D eigenvalue weighted by Gasteiger charge is -2.16. The smallest absolute Gasteiger partial charge is 0.326 e. The molecule has 1 unspecified atom stereocenters. The van der Waals surface area contributed by atoms with Crippen molar-refractivity contribution in [1.29, 1.82) is 0 Å². The van der Waals surface area contributed by atoms with E-state index in [1.54, 1.807) is 0 Å². The normalized spacial score (nSPS) is 13.8. The van der Waals surface area contributed by atoms with Crippen molar-refractivity contribution in [1.82, 2.24) is 10.2 Å². The van der Waals surface area contributed by atoms with Crippen molar-refractivity contribution >= 4 is 46.9 Å². The van der Waals surface area contributed by atoms with Gasteiger partial charge in [0.1, 0.15) is 6.54 Å². The topological polar surface area (TPSA) is 92.8 Å². The van der Waals surface area contributed by atoms with Gasteiger partial charge in [-0.05, 0) is 24.6 Å². The Morgan fingerprint density at radius 1 is 1.03 bits per heavy atom. The molecule has 0 bridgehead atoms. The van der Waals surface area contributed by atoms with E-state index in [1.165, 1.54) is 19.1 Å². The van der Waals surface area contributed by atoms with Gasteiger partial charge >= 0.3 is 5.97 Å². The number of nitrogens with zero attached hydrogens (tertiary/aromatic N) is 1. The molecule has 29 heavy (non-hydrogen) atoms. The Morgan fingerprint density at radius 3 is 2.14 bits per heavy atom. The van der Waals surface area contributed by atoms with E-state index in [4.69, 9.17) is 27.9 Å². The van der Waals surface area contributed by atoms with Gasteiger partial charge in [0, 0.05) is 6.54 Å². The molecule has 9 heteroatoms. The van der Waals surface area contributed by atoms with Crippen LogP contribution in [-0.2, 0) is 20.9 Å². The number of nitrogens with one attached hydrogen (secondary N) is 1. The number of carbonyl (C=O) groups is 4. The molecule has 3 rings (SSSR count). The third-order valence-electron chi connectivity index (χ3n) is 4.29. The Kier molecular flexibility index (Phi) is 6.20. The van der Waals surface area contributed by atoms with Crippen LogP contribution in [-0.4, -0.2) is 41.2 Å².